The molecule has 0 aliphatic heterocycles. The highest BCUT2D eigenvalue weighted by atomic mass is 19.4. The third-order valence-electron chi connectivity index (χ3n) is 1.96. The summed E-state index contributed by atoms with van der Waals surface area (Å²) in [6.45, 7) is 0. The van der Waals surface area contributed by atoms with Crippen molar-refractivity contribution in [2.24, 2.45) is 0 Å². The van der Waals surface area contributed by atoms with Gasteiger partial charge in [0.25, 0.3) is 0 Å². The zero-order valence-electron chi connectivity index (χ0n) is 6.70. The van der Waals surface area contributed by atoms with E-state index in [0.29, 0.717) is 0 Å². The number of carbonyl (C=O) groups is 1. The van der Waals surface area contributed by atoms with Crippen molar-refractivity contribution in [3.05, 3.63) is 0 Å². The van der Waals surface area contributed by atoms with Crippen molar-refractivity contribution in [3.8, 4) is 0 Å². The molecule has 0 aromatic carbocycles. The van der Waals surface area contributed by atoms with Gasteiger partial charge in [-0.1, -0.05) is 0 Å². The quantitative estimate of drug-likeness (QED) is 0.638. The Morgan fingerprint density at radius 1 is 1.31 bits per heavy atom. The van der Waals surface area contributed by atoms with Crippen molar-refractivity contribution in [2.45, 2.75) is 37.7 Å². The summed E-state index contributed by atoms with van der Waals surface area (Å²) in [5.41, 5.74) is 0. The number of nitrogens with one attached hydrogen (secondary N) is 1. The number of alkyl halides is 4. The largest absolute Gasteiger partial charge is 0.471 e. The van der Waals surface area contributed by atoms with E-state index in [2.05, 4.69) is 0 Å². The molecule has 1 saturated carbocycles. The van der Waals surface area contributed by atoms with Gasteiger partial charge in [0.15, 0.2) is 0 Å². The second-order valence-corrected chi connectivity index (χ2v) is 3.08. The van der Waals surface area contributed by atoms with Crippen LogP contribution in [0, 0.1) is 0 Å². The first-order valence-electron chi connectivity index (χ1n) is 3.91. The van der Waals surface area contributed by atoms with Gasteiger partial charge in [-0.2, -0.15) is 13.2 Å². The maximum absolute atomic E-state index is 12.5. The standard InChI is InChI=1S/C7H9F4NO/c8-4-1-2-5(3-4)12-6(13)7(9,10)11/h4-5H,1-3H2,(H,12,13)/t4-,5+/m0/s1. The van der Waals surface area contributed by atoms with Gasteiger partial charge in [-0.25, -0.2) is 4.39 Å². The number of rotatable bonds is 1. The molecule has 0 spiro atoms. The van der Waals surface area contributed by atoms with Gasteiger partial charge < -0.3 is 5.32 Å². The van der Waals surface area contributed by atoms with Crippen molar-refractivity contribution < 1.29 is 22.4 Å². The molecule has 0 radical (unpaired) electrons. The summed E-state index contributed by atoms with van der Waals surface area (Å²) >= 11 is 0. The average Bonchev–Trinajstić information content (AvgIpc) is 2.33. The number of hydrogen-bond donors (Lipinski definition) is 1. The van der Waals surface area contributed by atoms with Crippen LogP contribution in [0.2, 0.25) is 0 Å². The zero-order valence-corrected chi connectivity index (χ0v) is 6.70. The number of carbonyl (C=O) groups excluding carboxylic acids is 1. The first-order chi connectivity index (χ1) is 5.89. The second kappa shape index (κ2) is 3.51. The van der Waals surface area contributed by atoms with Crippen molar-refractivity contribution in [2.75, 3.05) is 0 Å². The lowest BCUT2D eigenvalue weighted by atomic mass is 10.2. The molecule has 1 rings (SSSR count). The molecule has 1 aliphatic carbocycles. The van der Waals surface area contributed by atoms with Crippen molar-refractivity contribution in [1.82, 2.24) is 5.32 Å². The maximum Gasteiger partial charge on any atom is 0.471 e. The molecular formula is C7H9F4NO. The first kappa shape index (κ1) is 10.3. The van der Waals surface area contributed by atoms with Crippen molar-refractivity contribution in [1.29, 1.82) is 0 Å². The minimum absolute atomic E-state index is 0.0121. The molecule has 0 unspecified atom stereocenters. The van der Waals surface area contributed by atoms with Crippen LogP contribution in [-0.4, -0.2) is 24.3 Å². The Hall–Kier alpha value is -0.810. The minimum atomic E-state index is -4.87. The van der Waals surface area contributed by atoms with Gasteiger partial charge in [0, 0.05) is 6.04 Å². The molecule has 6 heteroatoms. The topological polar surface area (TPSA) is 29.1 Å². The zero-order chi connectivity index (χ0) is 10.1. The SMILES string of the molecule is O=C(N[C@@H]1CC[C@H](F)C1)C(F)(F)F. The van der Waals surface area contributed by atoms with Gasteiger partial charge in [-0.3, -0.25) is 4.79 Å². The molecule has 0 bridgehead atoms. The molecule has 2 nitrogen and oxygen atoms in total. The monoisotopic (exact) mass is 199 g/mol. The molecule has 1 N–H and O–H groups in total. The van der Waals surface area contributed by atoms with Crippen molar-refractivity contribution in [3.63, 3.8) is 0 Å². The van der Waals surface area contributed by atoms with E-state index in [-0.39, 0.29) is 19.3 Å². The van der Waals surface area contributed by atoms with Crippen LogP contribution < -0.4 is 5.32 Å². The molecular weight excluding hydrogens is 190 g/mol. The lowest BCUT2D eigenvalue weighted by molar-refractivity contribution is -0.174. The number of hydrogen-bond acceptors (Lipinski definition) is 1. The van der Waals surface area contributed by atoms with E-state index in [1.807, 2.05) is 0 Å². The summed E-state index contributed by atoms with van der Waals surface area (Å²) in [5, 5.41) is 1.75. The molecule has 0 heterocycles. The minimum Gasteiger partial charge on any atom is -0.345 e. The Kier molecular flexibility index (Phi) is 2.77. The molecule has 76 valence electrons. The normalized spacial score (nSPS) is 28.9. The summed E-state index contributed by atoms with van der Waals surface area (Å²) in [6.07, 6.45) is -5.46. The Labute approximate surface area is 72.3 Å². The Morgan fingerprint density at radius 2 is 1.92 bits per heavy atom. The molecule has 1 fully saturated rings. The lowest BCUT2D eigenvalue weighted by Gasteiger charge is -2.13. The summed E-state index contributed by atoms with van der Waals surface area (Å²) in [5.74, 6) is -1.98. The molecule has 0 saturated heterocycles. The van der Waals surface area contributed by atoms with E-state index in [9.17, 15) is 22.4 Å². The van der Waals surface area contributed by atoms with Gasteiger partial charge in [-0.15, -0.1) is 0 Å². The summed E-state index contributed by atoms with van der Waals surface area (Å²) in [6, 6.07) is -0.663. The van der Waals surface area contributed by atoms with Crippen LogP contribution in [0.25, 0.3) is 0 Å². The second-order valence-electron chi connectivity index (χ2n) is 3.08. The molecule has 13 heavy (non-hydrogen) atoms. The smallest absolute Gasteiger partial charge is 0.345 e. The molecule has 0 aromatic rings. The van der Waals surface area contributed by atoms with Crippen LogP contribution in [-0.2, 0) is 4.79 Å². The average molecular weight is 199 g/mol. The van der Waals surface area contributed by atoms with Crippen LogP contribution in [0.3, 0.4) is 0 Å². The van der Waals surface area contributed by atoms with Gasteiger partial charge in [0.2, 0.25) is 0 Å². The first-order valence-corrected chi connectivity index (χ1v) is 3.91. The van der Waals surface area contributed by atoms with Gasteiger partial charge >= 0.3 is 12.1 Å². The summed E-state index contributed by atoms with van der Waals surface area (Å²) in [4.78, 5) is 10.4. The highest BCUT2D eigenvalue weighted by Gasteiger charge is 2.40. The highest BCUT2D eigenvalue weighted by Crippen LogP contribution is 2.23. The van der Waals surface area contributed by atoms with E-state index in [1.54, 1.807) is 5.32 Å². The molecule has 1 aliphatic rings. The highest BCUT2D eigenvalue weighted by molar-refractivity contribution is 5.81. The van der Waals surface area contributed by atoms with Crippen LogP contribution >= 0.6 is 0 Å². The Morgan fingerprint density at radius 3 is 2.31 bits per heavy atom. The van der Waals surface area contributed by atoms with E-state index in [0.717, 1.165) is 0 Å². The lowest BCUT2D eigenvalue weighted by Crippen LogP contribution is -2.42. The maximum atomic E-state index is 12.5. The summed E-state index contributed by atoms with van der Waals surface area (Å²) in [7, 11) is 0. The predicted octanol–water partition coefficient (Wildman–Crippen LogP) is 1.56. The Balaban J connectivity index is 2.37. The van der Waals surface area contributed by atoms with Gasteiger partial charge in [0.05, 0.1) is 0 Å². The Bertz CT molecular complexity index is 203. The van der Waals surface area contributed by atoms with E-state index >= 15 is 0 Å². The fourth-order valence-corrected chi connectivity index (χ4v) is 1.32. The fraction of sp³-hybridized carbons (Fsp3) is 0.857. The van der Waals surface area contributed by atoms with E-state index in [1.165, 1.54) is 0 Å². The summed E-state index contributed by atoms with van der Waals surface area (Å²) < 4.78 is 47.6. The molecule has 0 aromatic heterocycles. The predicted molar refractivity (Wildman–Crippen MR) is 36.7 cm³/mol. The van der Waals surface area contributed by atoms with Gasteiger partial charge in [-0.05, 0) is 19.3 Å². The van der Waals surface area contributed by atoms with Crippen LogP contribution in [0.1, 0.15) is 19.3 Å². The van der Waals surface area contributed by atoms with Crippen molar-refractivity contribution >= 4 is 5.91 Å². The fourth-order valence-electron chi connectivity index (χ4n) is 1.32. The third-order valence-corrected chi connectivity index (χ3v) is 1.96. The third kappa shape index (κ3) is 2.86. The van der Waals surface area contributed by atoms with Gasteiger partial charge in [0.1, 0.15) is 6.17 Å². The van der Waals surface area contributed by atoms with Crippen LogP contribution in [0.4, 0.5) is 17.6 Å². The molecule has 1 amide bonds. The number of amides is 1. The molecule has 2 atom stereocenters. The van der Waals surface area contributed by atoms with E-state index in [4.69, 9.17) is 0 Å². The number of halogens is 4. The van der Waals surface area contributed by atoms with Crippen LogP contribution in [0.15, 0.2) is 0 Å². The van der Waals surface area contributed by atoms with Crippen LogP contribution in [0.5, 0.6) is 0 Å². The van der Waals surface area contributed by atoms with E-state index < -0.39 is 24.3 Å².